The lowest BCUT2D eigenvalue weighted by Crippen LogP contribution is -2.30. The third kappa shape index (κ3) is 2.58. The Morgan fingerprint density at radius 2 is 2.38 bits per heavy atom. The fraction of sp³-hybridized carbons (Fsp3) is 0.800. The van der Waals surface area contributed by atoms with Gasteiger partial charge in [-0.1, -0.05) is 0 Å². The zero-order valence-electron chi connectivity index (χ0n) is 5.35. The number of hydrogen-bond acceptors (Lipinski definition) is 2. The van der Waals surface area contributed by atoms with Crippen molar-refractivity contribution in [1.29, 1.82) is 0 Å². The van der Waals surface area contributed by atoms with Gasteiger partial charge in [-0.15, -0.1) is 0 Å². The monoisotopic (exact) mass is 116 g/mol. The Morgan fingerprint density at radius 3 is 2.50 bits per heavy atom. The molecule has 0 fully saturated rings. The second-order valence-corrected chi connectivity index (χ2v) is 1.52. The van der Waals surface area contributed by atoms with Crippen LogP contribution >= 0.6 is 0 Å². The first-order valence-corrected chi connectivity index (χ1v) is 2.69. The van der Waals surface area contributed by atoms with Crippen LogP contribution in [-0.4, -0.2) is 31.6 Å². The molecule has 3 nitrogen and oxygen atoms in total. The van der Waals surface area contributed by atoms with Gasteiger partial charge in [0, 0.05) is 6.54 Å². The lowest BCUT2D eigenvalue weighted by Gasteiger charge is -2.12. The molecule has 0 aliphatic rings. The predicted molar refractivity (Wildman–Crippen MR) is 32.4 cm³/mol. The summed E-state index contributed by atoms with van der Waals surface area (Å²) < 4.78 is 0. The van der Waals surface area contributed by atoms with Crippen LogP contribution in [0.3, 0.4) is 0 Å². The van der Waals surface area contributed by atoms with Crippen LogP contribution < -0.4 is 5.32 Å². The third-order valence-electron chi connectivity index (χ3n) is 0.916. The number of carbonyl (C=O) groups excluding carboxylic acids is 1. The van der Waals surface area contributed by atoms with Crippen molar-refractivity contribution in [3.8, 4) is 0 Å². The molecule has 0 aliphatic heterocycles. The zero-order valence-corrected chi connectivity index (χ0v) is 5.35. The molecule has 0 bridgehead atoms. The highest BCUT2D eigenvalue weighted by Crippen LogP contribution is 1.73. The van der Waals surface area contributed by atoms with E-state index >= 15 is 0 Å². The van der Waals surface area contributed by atoms with E-state index in [4.69, 9.17) is 0 Å². The van der Waals surface area contributed by atoms with Crippen LogP contribution in [0.4, 0.5) is 0 Å². The molecule has 0 saturated carbocycles. The molecule has 8 heavy (non-hydrogen) atoms. The topological polar surface area (TPSA) is 32.3 Å². The SMILES string of the molecule is CCN(C=O)CNC. The van der Waals surface area contributed by atoms with Crippen molar-refractivity contribution in [1.82, 2.24) is 10.2 Å². The van der Waals surface area contributed by atoms with Crippen molar-refractivity contribution in [2.24, 2.45) is 0 Å². The van der Waals surface area contributed by atoms with Crippen LogP contribution in [-0.2, 0) is 4.79 Å². The Balaban J connectivity index is 3.21. The van der Waals surface area contributed by atoms with Gasteiger partial charge in [-0.05, 0) is 14.0 Å². The first kappa shape index (κ1) is 7.43. The third-order valence-corrected chi connectivity index (χ3v) is 0.916. The Labute approximate surface area is 49.7 Å². The van der Waals surface area contributed by atoms with E-state index in [0.29, 0.717) is 6.67 Å². The summed E-state index contributed by atoms with van der Waals surface area (Å²) in [6.07, 6.45) is 0.830. The number of nitrogens with zero attached hydrogens (tertiary/aromatic N) is 1. The Kier molecular flexibility index (Phi) is 4.26. The highest BCUT2D eigenvalue weighted by Gasteiger charge is 1.90. The molecule has 0 aromatic carbocycles. The molecular formula is C5H12N2O. The van der Waals surface area contributed by atoms with Gasteiger partial charge >= 0.3 is 0 Å². The van der Waals surface area contributed by atoms with E-state index in [0.717, 1.165) is 13.0 Å². The van der Waals surface area contributed by atoms with E-state index in [-0.39, 0.29) is 0 Å². The molecule has 0 atom stereocenters. The van der Waals surface area contributed by atoms with Crippen molar-refractivity contribution in [3.63, 3.8) is 0 Å². The first-order valence-electron chi connectivity index (χ1n) is 2.69. The lowest BCUT2D eigenvalue weighted by molar-refractivity contribution is -0.118. The minimum Gasteiger partial charge on any atom is -0.333 e. The van der Waals surface area contributed by atoms with Crippen molar-refractivity contribution >= 4 is 6.41 Å². The molecule has 1 N–H and O–H groups in total. The molecule has 3 heteroatoms. The molecule has 0 heterocycles. The molecule has 48 valence electrons. The van der Waals surface area contributed by atoms with Crippen LogP contribution in [0.15, 0.2) is 0 Å². The van der Waals surface area contributed by atoms with Gasteiger partial charge in [-0.25, -0.2) is 0 Å². The Hall–Kier alpha value is -0.570. The Morgan fingerprint density at radius 1 is 1.75 bits per heavy atom. The van der Waals surface area contributed by atoms with Crippen molar-refractivity contribution in [2.75, 3.05) is 20.3 Å². The summed E-state index contributed by atoms with van der Waals surface area (Å²) in [5.74, 6) is 0. The van der Waals surface area contributed by atoms with Crippen LogP contribution in [0.5, 0.6) is 0 Å². The highest BCUT2D eigenvalue weighted by atomic mass is 16.1. The summed E-state index contributed by atoms with van der Waals surface area (Å²) in [5.41, 5.74) is 0. The van der Waals surface area contributed by atoms with Gasteiger partial charge in [0.2, 0.25) is 6.41 Å². The summed E-state index contributed by atoms with van der Waals surface area (Å²) in [4.78, 5) is 11.7. The summed E-state index contributed by atoms with van der Waals surface area (Å²) in [5, 5.41) is 2.86. The molecule has 1 amide bonds. The first-order chi connectivity index (χ1) is 3.85. The van der Waals surface area contributed by atoms with E-state index in [9.17, 15) is 4.79 Å². The summed E-state index contributed by atoms with van der Waals surface area (Å²) in [7, 11) is 1.81. The minimum absolute atomic E-state index is 0.639. The molecule has 0 aliphatic carbocycles. The van der Waals surface area contributed by atoms with Gasteiger partial charge in [0.15, 0.2) is 0 Å². The highest BCUT2D eigenvalue weighted by molar-refractivity contribution is 5.46. The maximum Gasteiger partial charge on any atom is 0.210 e. The van der Waals surface area contributed by atoms with Crippen LogP contribution in [0, 0.1) is 0 Å². The van der Waals surface area contributed by atoms with E-state index in [2.05, 4.69) is 5.32 Å². The minimum atomic E-state index is 0.639. The fourth-order valence-corrected chi connectivity index (χ4v) is 0.427. The Bertz CT molecular complexity index is 65.4. The number of nitrogens with one attached hydrogen (secondary N) is 1. The van der Waals surface area contributed by atoms with Crippen molar-refractivity contribution < 1.29 is 4.79 Å². The normalized spacial score (nSPS) is 8.75. The summed E-state index contributed by atoms with van der Waals surface area (Å²) >= 11 is 0. The van der Waals surface area contributed by atoms with Gasteiger partial charge in [-0.2, -0.15) is 0 Å². The van der Waals surface area contributed by atoms with Gasteiger partial charge < -0.3 is 10.2 Å². The van der Waals surface area contributed by atoms with Gasteiger partial charge in [-0.3, -0.25) is 4.79 Å². The largest absolute Gasteiger partial charge is 0.333 e. The van der Waals surface area contributed by atoms with E-state index in [1.807, 2.05) is 14.0 Å². The maximum absolute atomic E-state index is 10.0. The van der Waals surface area contributed by atoms with Crippen molar-refractivity contribution in [2.45, 2.75) is 6.92 Å². The van der Waals surface area contributed by atoms with E-state index < -0.39 is 0 Å². The van der Waals surface area contributed by atoms with Crippen LogP contribution in [0.25, 0.3) is 0 Å². The molecule has 0 spiro atoms. The van der Waals surface area contributed by atoms with E-state index in [1.54, 1.807) is 4.90 Å². The fourth-order valence-electron chi connectivity index (χ4n) is 0.427. The summed E-state index contributed by atoms with van der Waals surface area (Å²) in [6, 6.07) is 0. The smallest absolute Gasteiger partial charge is 0.210 e. The quantitative estimate of drug-likeness (QED) is 0.402. The maximum atomic E-state index is 10.0. The van der Waals surface area contributed by atoms with Crippen LogP contribution in [0.1, 0.15) is 6.92 Å². The molecular weight excluding hydrogens is 104 g/mol. The van der Waals surface area contributed by atoms with Gasteiger partial charge in [0.05, 0.1) is 6.67 Å². The number of amides is 1. The molecule has 0 aromatic rings. The molecule has 0 aromatic heterocycles. The second kappa shape index (κ2) is 4.59. The van der Waals surface area contributed by atoms with Crippen molar-refractivity contribution in [3.05, 3.63) is 0 Å². The molecule has 0 rings (SSSR count). The molecule has 0 radical (unpaired) electrons. The summed E-state index contributed by atoms with van der Waals surface area (Å²) in [6.45, 7) is 3.34. The molecule has 0 saturated heterocycles. The molecule has 0 unspecified atom stereocenters. The second-order valence-electron chi connectivity index (χ2n) is 1.52. The van der Waals surface area contributed by atoms with Gasteiger partial charge in [0.25, 0.3) is 0 Å². The average molecular weight is 116 g/mol. The van der Waals surface area contributed by atoms with Crippen LogP contribution in [0.2, 0.25) is 0 Å². The zero-order chi connectivity index (χ0) is 6.41. The number of rotatable bonds is 4. The number of hydrogen-bond donors (Lipinski definition) is 1. The van der Waals surface area contributed by atoms with E-state index in [1.165, 1.54) is 0 Å². The average Bonchev–Trinajstić information content (AvgIpc) is 1.83. The van der Waals surface area contributed by atoms with Gasteiger partial charge in [0.1, 0.15) is 0 Å². The standard InChI is InChI=1S/C5H12N2O/c1-3-7(5-8)4-6-2/h5-6H,3-4H2,1-2H3. The predicted octanol–water partition coefficient (Wildman–Crippen LogP) is -0.358. The lowest BCUT2D eigenvalue weighted by atomic mass is 10.6. The number of carbonyl (C=O) groups is 1.